The van der Waals surface area contributed by atoms with Crippen molar-refractivity contribution in [3.8, 4) is 0 Å². The van der Waals surface area contributed by atoms with Gasteiger partial charge in [0.1, 0.15) is 0 Å². The second-order valence-corrected chi connectivity index (χ2v) is 9.67. The van der Waals surface area contributed by atoms with Crippen LogP contribution in [0, 0.1) is 0 Å². The van der Waals surface area contributed by atoms with Crippen LogP contribution in [-0.2, 0) is 19.9 Å². The first-order valence-electron chi connectivity index (χ1n) is 8.54. The number of amides is 1. The van der Waals surface area contributed by atoms with Crippen molar-refractivity contribution in [1.29, 1.82) is 0 Å². The van der Waals surface area contributed by atoms with Crippen LogP contribution in [0.5, 0.6) is 0 Å². The van der Waals surface area contributed by atoms with Crippen molar-refractivity contribution in [3.05, 3.63) is 48.2 Å². The maximum absolute atomic E-state index is 12.8. The Hall–Kier alpha value is -2.51. The van der Waals surface area contributed by atoms with Gasteiger partial charge in [-0.2, -0.15) is 17.5 Å². The van der Waals surface area contributed by atoms with Gasteiger partial charge in [-0.1, -0.05) is 13.8 Å². The van der Waals surface area contributed by atoms with Gasteiger partial charge >= 0.3 is 5.51 Å². The number of rotatable bonds is 7. The molecule has 0 saturated carbocycles. The maximum atomic E-state index is 12.8. The predicted octanol–water partition coefficient (Wildman–Crippen LogP) is 2.66. The SMILES string of the molecule is CCN(CC)S(=O)(=O)c1ccc(NC(=O)c2cccnc2S(=O)(=O)C(F)(F)F)cc1. The minimum atomic E-state index is -5.84. The fourth-order valence-corrected chi connectivity index (χ4v) is 4.84. The zero-order chi connectivity index (χ0) is 22.7. The van der Waals surface area contributed by atoms with Gasteiger partial charge in [0.2, 0.25) is 10.0 Å². The number of pyridine rings is 1. The lowest BCUT2D eigenvalue weighted by molar-refractivity contribution is -0.0438. The van der Waals surface area contributed by atoms with Crippen molar-refractivity contribution in [2.24, 2.45) is 0 Å². The maximum Gasteiger partial charge on any atom is 0.503 e. The Bertz CT molecular complexity index is 1130. The third-order valence-electron chi connectivity index (χ3n) is 4.03. The number of aromatic nitrogens is 1. The Balaban J connectivity index is 2.33. The monoisotopic (exact) mass is 465 g/mol. The predicted molar refractivity (Wildman–Crippen MR) is 102 cm³/mol. The van der Waals surface area contributed by atoms with Crippen LogP contribution >= 0.6 is 0 Å². The first-order valence-corrected chi connectivity index (χ1v) is 11.5. The first-order chi connectivity index (χ1) is 13.9. The van der Waals surface area contributed by atoms with Gasteiger partial charge in [-0.15, -0.1) is 0 Å². The van der Waals surface area contributed by atoms with E-state index in [1.807, 2.05) is 0 Å². The highest BCUT2D eigenvalue weighted by Crippen LogP contribution is 2.31. The summed E-state index contributed by atoms with van der Waals surface area (Å²) in [4.78, 5) is 15.6. The Labute approximate surface area is 171 Å². The van der Waals surface area contributed by atoms with Crippen LogP contribution in [-0.4, -0.2) is 50.6 Å². The number of anilines is 1. The van der Waals surface area contributed by atoms with Crippen molar-refractivity contribution in [3.63, 3.8) is 0 Å². The number of benzene rings is 1. The quantitative estimate of drug-likeness (QED) is 0.673. The standard InChI is InChI=1S/C17H18F3N3O5S2/c1-3-23(4-2)30(27,28)13-9-7-12(8-10-13)22-15(24)14-6-5-11-21-16(14)29(25,26)17(18,19)20/h5-11H,3-4H2,1-2H3,(H,22,24). The Morgan fingerprint density at radius 1 is 1.03 bits per heavy atom. The van der Waals surface area contributed by atoms with Gasteiger partial charge in [-0.25, -0.2) is 21.8 Å². The molecule has 8 nitrogen and oxygen atoms in total. The summed E-state index contributed by atoms with van der Waals surface area (Å²) in [6, 6.07) is 6.93. The summed E-state index contributed by atoms with van der Waals surface area (Å²) in [5, 5.41) is 0.818. The average molecular weight is 465 g/mol. The third-order valence-corrected chi connectivity index (χ3v) is 7.54. The average Bonchev–Trinajstić information content (AvgIpc) is 2.68. The zero-order valence-electron chi connectivity index (χ0n) is 15.8. The van der Waals surface area contributed by atoms with E-state index in [0.717, 1.165) is 18.3 Å². The van der Waals surface area contributed by atoms with Crippen molar-refractivity contribution < 1.29 is 34.8 Å². The lowest BCUT2D eigenvalue weighted by atomic mass is 10.2. The largest absolute Gasteiger partial charge is 0.503 e. The van der Waals surface area contributed by atoms with Crippen LogP contribution in [0.4, 0.5) is 18.9 Å². The summed E-state index contributed by atoms with van der Waals surface area (Å²) in [5.74, 6) is -1.15. The molecule has 0 bridgehead atoms. The van der Waals surface area contributed by atoms with E-state index >= 15 is 0 Å². The fraction of sp³-hybridized carbons (Fsp3) is 0.294. The molecule has 0 radical (unpaired) electrons. The molecule has 0 aliphatic carbocycles. The lowest BCUT2D eigenvalue weighted by Crippen LogP contribution is -2.30. The molecule has 0 aliphatic heterocycles. The number of nitrogens with one attached hydrogen (secondary N) is 1. The Morgan fingerprint density at radius 3 is 2.10 bits per heavy atom. The number of hydrogen-bond acceptors (Lipinski definition) is 6. The topological polar surface area (TPSA) is 114 Å². The summed E-state index contributed by atoms with van der Waals surface area (Å²) >= 11 is 0. The summed E-state index contributed by atoms with van der Waals surface area (Å²) in [5.41, 5.74) is -6.37. The number of carbonyl (C=O) groups excluding carboxylic acids is 1. The summed E-state index contributed by atoms with van der Waals surface area (Å²) in [6.45, 7) is 3.87. The summed E-state index contributed by atoms with van der Waals surface area (Å²) in [6.07, 6.45) is 0.822. The van der Waals surface area contributed by atoms with E-state index < -0.39 is 41.9 Å². The molecular formula is C17H18F3N3O5S2. The van der Waals surface area contributed by atoms with E-state index in [0.29, 0.717) is 0 Å². The Kier molecular flexibility index (Phi) is 6.89. The van der Waals surface area contributed by atoms with Crippen LogP contribution < -0.4 is 5.32 Å². The molecule has 0 atom stereocenters. The van der Waals surface area contributed by atoms with E-state index in [1.165, 1.54) is 28.6 Å². The van der Waals surface area contributed by atoms with E-state index in [2.05, 4.69) is 10.3 Å². The van der Waals surface area contributed by atoms with Crippen molar-refractivity contribution >= 4 is 31.5 Å². The summed E-state index contributed by atoms with van der Waals surface area (Å²) < 4.78 is 88.0. The van der Waals surface area contributed by atoms with E-state index in [1.54, 1.807) is 13.8 Å². The van der Waals surface area contributed by atoms with Gasteiger partial charge in [0.15, 0.2) is 5.03 Å². The number of halogens is 3. The Morgan fingerprint density at radius 2 is 1.60 bits per heavy atom. The van der Waals surface area contributed by atoms with E-state index in [-0.39, 0.29) is 23.7 Å². The van der Waals surface area contributed by atoms with Crippen molar-refractivity contribution in [2.75, 3.05) is 18.4 Å². The molecule has 1 aromatic heterocycles. The van der Waals surface area contributed by atoms with Crippen LogP contribution in [0.2, 0.25) is 0 Å². The molecule has 30 heavy (non-hydrogen) atoms. The van der Waals surface area contributed by atoms with Gasteiger partial charge in [0.05, 0.1) is 10.5 Å². The van der Waals surface area contributed by atoms with Crippen LogP contribution in [0.3, 0.4) is 0 Å². The molecular weight excluding hydrogens is 447 g/mol. The van der Waals surface area contributed by atoms with Gasteiger partial charge in [0.25, 0.3) is 15.7 Å². The highest BCUT2D eigenvalue weighted by atomic mass is 32.2. The van der Waals surface area contributed by atoms with Gasteiger partial charge in [-0.3, -0.25) is 4.79 Å². The van der Waals surface area contributed by atoms with Crippen LogP contribution in [0.15, 0.2) is 52.5 Å². The minimum Gasteiger partial charge on any atom is -0.322 e. The number of alkyl halides is 3. The molecule has 0 saturated heterocycles. The minimum absolute atomic E-state index is 0.0362. The highest BCUT2D eigenvalue weighted by Gasteiger charge is 2.49. The van der Waals surface area contributed by atoms with Gasteiger partial charge in [-0.05, 0) is 36.4 Å². The molecule has 0 spiro atoms. The van der Waals surface area contributed by atoms with Crippen molar-refractivity contribution in [1.82, 2.24) is 9.29 Å². The molecule has 0 unspecified atom stereocenters. The number of hydrogen-bond donors (Lipinski definition) is 1. The molecule has 0 fully saturated rings. The van der Waals surface area contributed by atoms with E-state index in [9.17, 15) is 34.8 Å². The number of sulfone groups is 1. The number of carbonyl (C=O) groups is 1. The molecule has 2 rings (SSSR count). The second-order valence-electron chi connectivity index (χ2n) is 5.87. The van der Waals surface area contributed by atoms with Gasteiger partial charge < -0.3 is 5.32 Å². The highest BCUT2D eigenvalue weighted by molar-refractivity contribution is 7.92. The van der Waals surface area contributed by atoms with Gasteiger partial charge in [0, 0.05) is 25.0 Å². The number of nitrogens with zero attached hydrogens (tertiary/aromatic N) is 2. The molecule has 164 valence electrons. The first kappa shape index (κ1) is 23.8. The van der Waals surface area contributed by atoms with E-state index in [4.69, 9.17) is 0 Å². The molecule has 0 aliphatic rings. The molecule has 1 N–H and O–H groups in total. The third kappa shape index (κ3) is 4.63. The molecule has 2 aromatic rings. The van der Waals surface area contributed by atoms with Crippen LogP contribution in [0.25, 0.3) is 0 Å². The molecule has 1 heterocycles. The molecule has 13 heteroatoms. The fourth-order valence-electron chi connectivity index (χ4n) is 2.51. The molecule has 1 amide bonds. The smallest absolute Gasteiger partial charge is 0.322 e. The van der Waals surface area contributed by atoms with Crippen LogP contribution in [0.1, 0.15) is 24.2 Å². The summed E-state index contributed by atoms with van der Waals surface area (Å²) in [7, 11) is -9.58. The zero-order valence-corrected chi connectivity index (χ0v) is 17.5. The second kappa shape index (κ2) is 8.70. The lowest BCUT2D eigenvalue weighted by Gasteiger charge is -2.18. The normalized spacial score (nSPS) is 12.7. The molecule has 1 aromatic carbocycles. The van der Waals surface area contributed by atoms with Crippen molar-refractivity contribution in [2.45, 2.75) is 29.3 Å². The number of sulfonamides is 1.